The molecule has 5 aromatic rings. The van der Waals surface area contributed by atoms with Crippen LogP contribution in [0.25, 0.3) is 21.8 Å². The van der Waals surface area contributed by atoms with E-state index in [4.69, 9.17) is 5.11 Å². The van der Waals surface area contributed by atoms with E-state index in [1.54, 1.807) is 72.3 Å². The van der Waals surface area contributed by atoms with E-state index in [1.165, 1.54) is 18.3 Å². The molecule has 2 N–H and O–H groups in total. The van der Waals surface area contributed by atoms with Gasteiger partial charge in [-0.1, -0.05) is 48.5 Å². The molecule has 0 saturated carbocycles. The number of fused-ring (bicyclic) bond motifs is 2. The van der Waals surface area contributed by atoms with Crippen molar-refractivity contribution in [2.45, 2.75) is 9.92 Å². The van der Waals surface area contributed by atoms with Crippen LogP contribution < -0.4 is 5.43 Å². The highest BCUT2D eigenvalue weighted by Gasteiger charge is 2.24. The molecule has 0 bridgehead atoms. The molecule has 0 atom stereocenters. The third-order valence-corrected chi connectivity index (χ3v) is 7.23. The fourth-order valence-electron chi connectivity index (χ4n) is 3.78. The Morgan fingerprint density at radius 2 is 1.51 bits per heavy atom. The molecular formula is C26H20N2O6S. The Labute approximate surface area is 200 Å². The predicted molar refractivity (Wildman–Crippen MR) is 132 cm³/mol. The number of hydrogen-bond donors (Lipinski definition) is 2. The molecule has 9 heteroatoms. The molecule has 176 valence electrons. The molecule has 0 spiro atoms. The van der Waals surface area contributed by atoms with Crippen molar-refractivity contribution >= 4 is 43.9 Å². The lowest BCUT2D eigenvalue weighted by Gasteiger charge is -2.05. The fourth-order valence-corrected chi connectivity index (χ4v) is 5.22. The highest BCUT2D eigenvalue weighted by Crippen LogP contribution is 2.28. The van der Waals surface area contributed by atoms with Gasteiger partial charge in [-0.25, -0.2) is 13.2 Å². The van der Waals surface area contributed by atoms with E-state index in [0.29, 0.717) is 22.6 Å². The lowest BCUT2D eigenvalue weighted by Crippen LogP contribution is -2.17. The fraction of sp³-hybridized carbons (Fsp3) is 0.0385. The molecular weight excluding hydrogens is 468 g/mol. The third-order valence-electron chi connectivity index (χ3n) is 5.48. The van der Waals surface area contributed by atoms with Crippen LogP contribution in [-0.4, -0.2) is 35.3 Å². The number of nitrogens with zero attached hydrogens (tertiary/aromatic N) is 1. The number of carboxylic acid groups (broad SMARTS) is 1. The number of para-hydroxylation sites is 2. The van der Waals surface area contributed by atoms with E-state index in [9.17, 15) is 22.8 Å². The van der Waals surface area contributed by atoms with Gasteiger partial charge >= 0.3 is 5.97 Å². The molecule has 0 aliphatic rings. The summed E-state index contributed by atoms with van der Waals surface area (Å²) in [6.07, 6.45) is 1.92. The maximum Gasteiger partial charge on any atom is 0.341 e. The van der Waals surface area contributed by atoms with Gasteiger partial charge in [0.1, 0.15) is 10.6 Å². The number of carbonyl (C=O) groups is 2. The Balaban J connectivity index is 0.000000172. The summed E-state index contributed by atoms with van der Waals surface area (Å²) in [5.41, 5.74) is 0.897. The van der Waals surface area contributed by atoms with Gasteiger partial charge < -0.3 is 14.7 Å². The first-order valence-corrected chi connectivity index (χ1v) is 11.9. The van der Waals surface area contributed by atoms with Crippen molar-refractivity contribution in [2.75, 3.05) is 0 Å². The molecule has 3 aromatic carbocycles. The van der Waals surface area contributed by atoms with E-state index in [-0.39, 0.29) is 21.0 Å². The topological polar surface area (TPSA) is 126 Å². The summed E-state index contributed by atoms with van der Waals surface area (Å²) in [5, 5.41) is 9.82. The highest BCUT2D eigenvalue weighted by atomic mass is 32.2. The first kappa shape index (κ1) is 23.7. The van der Waals surface area contributed by atoms with Crippen molar-refractivity contribution < 1.29 is 23.1 Å². The molecule has 0 radical (unpaired) electrons. The van der Waals surface area contributed by atoms with Gasteiger partial charge in [-0.05, 0) is 30.3 Å². The number of pyridine rings is 1. The number of benzene rings is 3. The second kappa shape index (κ2) is 9.40. The minimum atomic E-state index is -3.73. The van der Waals surface area contributed by atoms with Crippen LogP contribution in [0.15, 0.2) is 99.8 Å². The lowest BCUT2D eigenvalue weighted by molar-refractivity contribution is 0.0694. The number of hydrogen-bond acceptors (Lipinski definition) is 5. The average Bonchev–Trinajstić information content (AvgIpc) is 3.27. The van der Waals surface area contributed by atoms with Crippen molar-refractivity contribution in [2.24, 2.45) is 7.05 Å². The maximum absolute atomic E-state index is 12.6. The molecule has 0 amide bonds. The van der Waals surface area contributed by atoms with Crippen molar-refractivity contribution in [3.8, 4) is 0 Å². The number of rotatable bonds is 4. The van der Waals surface area contributed by atoms with Gasteiger partial charge in [0, 0.05) is 29.5 Å². The molecule has 0 saturated heterocycles. The molecule has 2 aromatic heterocycles. The second-order valence-electron chi connectivity index (χ2n) is 7.65. The molecule has 2 heterocycles. The Hall–Kier alpha value is -4.50. The van der Waals surface area contributed by atoms with Gasteiger partial charge in [-0.2, -0.15) is 0 Å². The van der Waals surface area contributed by atoms with Gasteiger partial charge in [0.15, 0.2) is 6.29 Å². The van der Waals surface area contributed by atoms with Crippen LogP contribution in [0.2, 0.25) is 0 Å². The number of nitrogens with one attached hydrogen (secondary N) is 1. The molecule has 5 rings (SSSR count). The zero-order valence-electron chi connectivity index (χ0n) is 18.5. The first-order valence-electron chi connectivity index (χ1n) is 10.4. The summed E-state index contributed by atoms with van der Waals surface area (Å²) >= 11 is 0. The smallest absolute Gasteiger partial charge is 0.341 e. The predicted octanol–water partition coefficient (Wildman–Crippen LogP) is 4.05. The van der Waals surface area contributed by atoms with Gasteiger partial charge in [0.05, 0.1) is 16.0 Å². The molecule has 0 aliphatic heterocycles. The van der Waals surface area contributed by atoms with E-state index < -0.39 is 21.2 Å². The van der Waals surface area contributed by atoms with Crippen LogP contribution in [0.1, 0.15) is 20.7 Å². The summed E-state index contributed by atoms with van der Waals surface area (Å²) in [7, 11) is -2.01. The number of aryl methyl sites for hydroxylation is 1. The minimum Gasteiger partial charge on any atom is -0.477 e. The monoisotopic (exact) mass is 488 g/mol. The Morgan fingerprint density at radius 1 is 0.914 bits per heavy atom. The van der Waals surface area contributed by atoms with Crippen LogP contribution in [0.5, 0.6) is 0 Å². The first-order chi connectivity index (χ1) is 16.8. The van der Waals surface area contributed by atoms with E-state index in [0.717, 1.165) is 5.52 Å². The maximum atomic E-state index is 12.6. The largest absolute Gasteiger partial charge is 0.477 e. The zero-order valence-corrected chi connectivity index (χ0v) is 19.3. The van der Waals surface area contributed by atoms with E-state index in [2.05, 4.69) is 4.98 Å². The van der Waals surface area contributed by atoms with Gasteiger partial charge in [0.25, 0.3) is 0 Å². The standard InChI is InChI=1S/C15H11NO3S.C11H9NO3/c17-10-13-12-8-4-5-9-14(12)16-15(13)20(18,19)11-6-2-1-3-7-11;1-12-6-8(11(14)15)10(13)7-4-2-3-5-9(7)12/h1-10,16H;2-6H,1H3,(H,14,15). The number of aromatic nitrogens is 2. The molecule has 0 unspecified atom stereocenters. The Bertz CT molecular complexity index is 1730. The normalized spacial score (nSPS) is 11.1. The second-order valence-corrected chi connectivity index (χ2v) is 9.54. The third kappa shape index (κ3) is 4.36. The quantitative estimate of drug-likeness (QED) is 0.368. The number of carboxylic acids is 1. The number of sulfone groups is 1. The van der Waals surface area contributed by atoms with Crippen LogP contribution in [0, 0.1) is 0 Å². The van der Waals surface area contributed by atoms with Crippen molar-refractivity contribution in [1.82, 2.24) is 9.55 Å². The summed E-state index contributed by atoms with van der Waals surface area (Å²) in [5.74, 6) is -1.19. The zero-order chi connectivity index (χ0) is 25.2. The van der Waals surface area contributed by atoms with E-state index >= 15 is 0 Å². The lowest BCUT2D eigenvalue weighted by atomic mass is 10.1. The van der Waals surface area contributed by atoms with Gasteiger partial charge in [0.2, 0.25) is 15.3 Å². The van der Waals surface area contributed by atoms with Gasteiger partial charge in [-0.15, -0.1) is 0 Å². The van der Waals surface area contributed by atoms with Crippen molar-refractivity contribution in [1.29, 1.82) is 0 Å². The Kier molecular flexibility index (Phi) is 6.35. The number of aldehydes is 1. The molecule has 0 aliphatic carbocycles. The molecule has 8 nitrogen and oxygen atoms in total. The highest BCUT2D eigenvalue weighted by molar-refractivity contribution is 7.91. The summed E-state index contributed by atoms with van der Waals surface area (Å²) in [6, 6.07) is 22.0. The number of H-pyrrole nitrogens is 1. The molecule has 0 fully saturated rings. The summed E-state index contributed by atoms with van der Waals surface area (Å²) in [4.78, 5) is 36.8. The number of carbonyl (C=O) groups excluding carboxylic acids is 1. The SMILES string of the molecule is Cn1cc(C(=O)O)c(=O)c2ccccc21.O=Cc1c(S(=O)(=O)c2ccccc2)[nH]c2ccccc12. The summed E-state index contributed by atoms with van der Waals surface area (Å²) in [6.45, 7) is 0. The summed E-state index contributed by atoms with van der Waals surface area (Å²) < 4.78 is 26.8. The number of aromatic amines is 1. The van der Waals surface area contributed by atoms with Crippen LogP contribution >= 0.6 is 0 Å². The van der Waals surface area contributed by atoms with Crippen molar-refractivity contribution in [3.05, 3.63) is 106 Å². The van der Waals surface area contributed by atoms with E-state index in [1.807, 2.05) is 6.07 Å². The minimum absolute atomic E-state index is 0.0556. The Morgan fingerprint density at radius 3 is 2.17 bits per heavy atom. The van der Waals surface area contributed by atoms with Crippen LogP contribution in [0.3, 0.4) is 0 Å². The number of aromatic carboxylic acids is 1. The average molecular weight is 489 g/mol. The van der Waals surface area contributed by atoms with Gasteiger partial charge in [-0.3, -0.25) is 9.59 Å². The van der Waals surface area contributed by atoms with Crippen molar-refractivity contribution in [3.63, 3.8) is 0 Å². The van der Waals surface area contributed by atoms with Crippen LogP contribution in [-0.2, 0) is 16.9 Å². The van der Waals surface area contributed by atoms with Crippen LogP contribution in [0.4, 0.5) is 0 Å². The molecule has 35 heavy (non-hydrogen) atoms.